The third-order valence-electron chi connectivity index (χ3n) is 4.32. The molecular formula is C17H27N3O4S. The lowest BCUT2D eigenvalue weighted by molar-refractivity contribution is -0.126. The highest BCUT2D eigenvalue weighted by atomic mass is 32.2. The molecule has 1 aliphatic heterocycles. The van der Waals surface area contributed by atoms with Crippen LogP contribution in [0.15, 0.2) is 29.2 Å². The number of amides is 1. The van der Waals surface area contributed by atoms with E-state index in [9.17, 15) is 13.2 Å². The van der Waals surface area contributed by atoms with Crippen molar-refractivity contribution in [3.8, 4) is 5.75 Å². The number of carbonyl (C=O) groups is 1. The fourth-order valence-corrected chi connectivity index (χ4v) is 4.26. The van der Waals surface area contributed by atoms with Crippen molar-refractivity contribution < 1.29 is 17.9 Å². The SMILES string of the molecule is CCNC(=O)[C@@H](C)N1CCN(S(=O)(=O)c2ccc(OCC)cc2)CC1. The highest BCUT2D eigenvalue weighted by Gasteiger charge is 2.31. The third-order valence-corrected chi connectivity index (χ3v) is 6.24. The molecule has 1 N–H and O–H groups in total. The van der Waals surface area contributed by atoms with E-state index in [1.807, 2.05) is 25.7 Å². The fourth-order valence-electron chi connectivity index (χ4n) is 2.84. The normalized spacial score (nSPS) is 17.9. The molecule has 0 bridgehead atoms. The molecule has 1 atom stereocenters. The van der Waals surface area contributed by atoms with Gasteiger partial charge in [-0.15, -0.1) is 0 Å². The molecule has 1 aliphatic rings. The predicted octanol–water partition coefficient (Wildman–Crippen LogP) is 0.916. The van der Waals surface area contributed by atoms with Crippen molar-refractivity contribution in [1.82, 2.24) is 14.5 Å². The zero-order valence-corrected chi connectivity index (χ0v) is 15.9. The van der Waals surface area contributed by atoms with Crippen LogP contribution in [0.1, 0.15) is 20.8 Å². The summed E-state index contributed by atoms with van der Waals surface area (Å²) in [4.78, 5) is 14.2. The van der Waals surface area contributed by atoms with Crippen molar-refractivity contribution in [3.05, 3.63) is 24.3 Å². The predicted molar refractivity (Wildman–Crippen MR) is 96.1 cm³/mol. The number of piperazine rings is 1. The van der Waals surface area contributed by atoms with E-state index in [0.29, 0.717) is 45.1 Å². The van der Waals surface area contributed by atoms with Gasteiger partial charge < -0.3 is 10.1 Å². The van der Waals surface area contributed by atoms with Crippen molar-refractivity contribution in [3.63, 3.8) is 0 Å². The Kier molecular flexibility index (Phi) is 6.80. The first kappa shape index (κ1) is 19.7. The molecule has 1 aromatic rings. The minimum absolute atomic E-state index is 0.0229. The number of nitrogens with zero attached hydrogens (tertiary/aromatic N) is 2. The molecule has 1 amide bonds. The Morgan fingerprint density at radius 3 is 2.28 bits per heavy atom. The Hall–Kier alpha value is -1.64. The summed E-state index contributed by atoms with van der Waals surface area (Å²) in [5.41, 5.74) is 0. The van der Waals surface area contributed by atoms with E-state index in [-0.39, 0.29) is 16.8 Å². The molecule has 0 saturated carbocycles. The average molecular weight is 369 g/mol. The van der Waals surface area contributed by atoms with Crippen LogP contribution in [-0.2, 0) is 14.8 Å². The standard InChI is InChI=1S/C17H27N3O4S/c1-4-18-17(21)14(3)19-10-12-20(13-11-19)25(22,23)16-8-6-15(7-9-16)24-5-2/h6-9,14H,4-5,10-13H2,1-3H3,(H,18,21)/t14-/m1/s1. The summed E-state index contributed by atoms with van der Waals surface area (Å²) in [7, 11) is -3.52. The number of rotatable bonds is 7. The zero-order chi connectivity index (χ0) is 18.4. The molecule has 0 aliphatic carbocycles. The smallest absolute Gasteiger partial charge is 0.243 e. The largest absolute Gasteiger partial charge is 0.494 e. The Balaban J connectivity index is 2.00. The highest BCUT2D eigenvalue weighted by Crippen LogP contribution is 2.21. The Labute approximate surface area is 150 Å². The van der Waals surface area contributed by atoms with Gasteiger partial charge in [0.15, 0.2) is 0 Å². The van der Waals surface area contributed by atoms with Crippen LogP contribution < -0.4 is 10.1 Å². The molecule has 1 aromatic carbocycles. The Morgan fingerprint density at radius 1 is 1.16 bits per heavy atom. The molecule has 1 heterocycles. The molecule has 0 unspecified atom stereocenters. The molecule has 7 nitrogen and oxygen atoms in total. The van der Waals surface area contributed by atoms with Crippen LogP contribution >= 0.6 is 0 Å². The molecule has 25 heavy (non-hydrogen) atoms. The molecule has 1 saturated heterocycles. The number of ether oxygens (including phenoxy) is 1. The lowest BCUT2D eigenvalue weighted by atomic mass is 10.2. The molecule has 140 valence electrons. The van der Waals surface area contributed by atoms with Gasteiger partial charge in [0.25, 0.3) is 0 Å². The van der Waals surface area contributed by atoms with Gasteiger partial charge in [0, 0.05) is 32.7 Å². The van der Waals surface area contributed by atoms with E-state index in [0.717, 1.165) is 0 Å². The van der Waals surface area contributed by atoms with Crippen LogP contribution in [0.2, 0.25) is 0 Å². The minimum atomic E-state index is -3.52. The Morgan fingerprint density at radius 2 is 1.76 bits per heavy atom. The lowest BCUT2D eigenvalue weighted by Gasteiger charge is -2.36. The van der Waals surface area contributed by atoms with Gasteiger partial charge in [0.2, 0.25) is 15.9 Å². The molecule has 2 rings (SSSR count). The number of hydrogen-bond donors (Lipinski definition) is 1. The maximum atomic E-state index is 12.8. The van der Waals surface area contributed by atoms with Gasteiger partial charge in [-0.3, -0.25) is 9.69 Å². The van der Waals surface area contributed by atoms with Crippen molar-refractivity contribution in [2.75, 3.05) is 39.3 Å². The van der Waals surface area contributed by atoms with E-state index in [2.05, 4.69) is 5.32 Å². The first-order valence-electron chi connectivity index (χ1n) is 8.65. The summed E-state index contributed by atoms with van der Waals surface area (Å²) in [6, 6.07) is 6.23. The monoisotopic (exact) mass is 369 g/mol. The van der Waals surface area contributed by atoms with Crippen LogP contribution in [0.3, 0.4) is 0 Å². The van der Waals surface area contributed by atoms with E-state index < -0.39 is 10.0 Å². The molecule has 1 fully saturated rings. The third kappa shape index (κ3) is 4.71. The van der Waals surface area contributed by atoms with E-state index in [4.69, 9.17) is 4.74 Å². The van der Waals surface area contributed by atoms with Gasteiger partial charge >= 0.3 is 0 Å². The number of nitrogens with one attached hydrogen (secondary N) is 1. The topological polar surface area (TPSA) is 79.0 Å². The van der Waals surface area contributed by atoms with Crippen molar-refractivity contribution >= 4 is 15.9 Å². The summed E-state index contributed by atoms with van der Waals surface area (Å²) in [5.74, 6) is 0.632. The summed E-state index contributed by atoms with van der Waals surface area (Å²) in [5, 5.41) is 2.80. The van der Waals surface area contributed by atoms with E-state index in [1.54, 1.807) is 24.3 Å². The maximum absolute atomic E-state index is 12.8. The second-order valence-electron chi connectivity index (χ2n) is 5.92. The van der Waals surface area contributed by atoms with Crippen molar-refractivity contribution in [2.45, 2.75) is 31.7 Å². The molecular weight excluding hydrogens is 342 g/mol. The second kappa shape index (κ2) is 8.64. The fraction of sp³-hybridized carbons (Fsp3) is 0.588. The number of hydrogen-bond acceptors (Lipinski definition) is 5. The van der Waals surface area contributed by atoms with Gasteiger partial charge in [-0.05, 0) is 45.0 Å². The first-order valence-corrected chi connectivity index (χ1v) is 10.1. The second-order valence-corrected chi connectivity index (χ2v) is 7.85. The number of likely N-dealkylation sites (N-methyl/N-ethyl adjacent to an activating group) is 1. The zero-order valence-electron chi connectivity index (χ0n) is 15.1. The first-order chi connectivity index (χ1) is 11.9. The average Bonchev–Trinajstić information content (AvgIpc) is 2.62. The van der Waals surface area contributed by atoms with Gasteiger partial charge in [0.05, 0.1) is 17.5 Å². The summed E-state index contributed by atoms with van der Waals surface area (Å²) < 4.78 is 32.3. The number of benzene rings is 1. The van der Waals surface area contributed by atoms with Crippen LogP contribution in [-0.4, -0.2) is 68.9 Å². The van der Waals surface area contributed by atoms with Crippen LogP contribution in [0, 0.1) is 0 Å². The number of sulfonamides is 1. The van der Waals surface area contributed by atoms with Gasteiger partial charge in [-0.2, -0.15) is 4.31 Å². The molecule has 8 heteroatoms. The quantitative estimate of drug-likeness (QED) is 0.773. The van der Waals surface area contributed by atoms with Gasteiger partial charge in [0.1, 0.15) is 5.75 Å². The minimum Gasteiger partial charge on any atom is -0.494 e. The van der Waals surface area contributed by atoms with Crippen LogP contribution in [0.4, 0.5) is 0 Å². The number of carbonyl (C=O) groups excluding carboxylic acids is 1. The molecule has 0 aromatic heterocycles. The summed E-state index contributed by atoms with van der Waals surface area (Å²) in [6.07, 6.45) is 0. The summed E-state index contributed by atoms with van der Waals surface area (Å²) in [6.45, 7) is 8.56. The summed E-state index contributed by atoms with van der Waals surface area (Å²) >= 11 is 0. The van der Waals surface area contributed by atoms with Gasteiger partial charge in [-0.1, -0.05) is 0 Å². The van der Waals surface area contributed by atoms with Gasteiger partial charge in [-0.25, -0.2) is 8.42 Å². The maximum Gasteiger partial charge on any atom is 0.243 e. The van der Waals surface area contributed by atoms with Crippen LogP contribution in [0.5, 0.6) is 5.75 Å². The lowest BCUT2D eigenvalue weighted by Crippen LogP contribution is -2.54. The Bertz CT molecular complexity index is 668. The van der Waals surface area contributed by atoms with E-state index in [1.165, 1.54) is 4.31 Å². The highest BCUT2D eigenvalue weighted by molar-refractivity contribution is 7.89. The van der Waals surface area contributed by atoms with Crippen LogP contribution in [0.25, 0.3) is 0 Å². The van der Waals surface area contributed by atoms with Crippen molar-refractivity contribution in [2.24, 2.45) is 0 Å². The molecule has 0 radical (unpaired) electrons. The van der Waals surface area contributed by atoms with E-state index >= 15 is 0 Å². The molecule has 0 spiro atoms. The van der Waals surface area contributed by atoms with Crippen molar-refractivity contribution in [1.29, 1.82) is 0 Å².